The van der Waals surface area contributed by atoms with Gasteiger partial charge >= 0.3 is 0 Å². The van der Waals surface area contributed by atoms with Gasteiger partial charge < -0.3 is 5.32 Å². The van der Waals surface area contributed by atoms with Crippen LogP contribution in [0.15, 0.2) is 35.6 Å². The summed E-state index contributed by atoms with van der Waals surface area (Å²) in [7, 11) is 1.98. The van der Waals surface area contributed by atoms with E-state index < -0.39 is 0 Å². The van der Waals surface area contributed by atoms with Crippen LogP contribution in [-0.2, 0) is 13.6 Å². The van der Waals surface area contributed by atoms with E-state index in [0.717, 1.165) is 24.5 Å². The molecule has 96 valence electrons. The summed E-state index contributed by atoms with van der Waals surface area (Å²) in [6, 6.07) is 6.16. The van der Waals surface area contributed by atoms with Crippen LogP contribution in [0.2, 0.25) is 0 Å². The number of aromatic nitrogens is 3. The quantitative estimate of drug-likeness (QED) is 0.639. The molecule has 0 fully saturated rings. The monoisotopic (exact) mass is 262 g/mol. The first-order valence-corrected chi connectivity index (χ1v) is 6.97. The van der Waals surface area contributed by atoms with Crippen LogP contribution in [0.3, 0.4) is 0 Å². The summed E-state index contributed by atoms with van der Waals surface area (Å²) in [4.78, 5) is 4.09. The third kappa shape index (κ3) is 3.85. The molecule has 2 aromatic heterocycles. The van der Waals surface area contributed by atoms with E-state index in [1.54, 1.807) is 6.20 Å². The summed E-state index contributed by atoms with van der Waals surface area (Å²) in [5.74, 6) is 1.04. The Balaban J connectivity index is 1.66. The van der Waals surface area contributed by atoms with Crippen molar-refractivity contribution in [3.63, 3.8) is 0 Å². The van der Waals surface area contributed by atoms with Crippen LogP contribution in [-0.4, -0.2) is 27.1 Å². The zero-order valence-corrected chi connectivity index (χ0v) is 11.6. The number of nitrogens with one attached hydrogen (secondary N) is 1. The van der Waals surface area contributed by atoms with Crippen molar-refractivity contribution in [1.29, 1.82) is 0 Å². The fourth-order valence-corrected chi connectivity index (χ4v) is 2.62. The van der Waals surface area contributed by atoms with Crippen LogP contribution < -0.4 is 5.32 Å². The Morgan fingerprint density at radius 3 is 3.00 bits per heavy atom. The largest absolute Gasteiger partial charge is 0.312 e. The predicted octanol–water partition coefficient (Wildman–Crippen LogP) is 2.01. The molecule has 0 bridgehead atoms. The highest BCUT2D eigenvalue weighted by molar-refractivity contribution is 7.99. The molecule has 2 aromatic rings. The van der Waals surface area contributed by atoms with Crippen molar-refractivity contribution in [3.8, 4) is 0 Å². The molecule has 0 spiro atoms. The molecule has 0 unspecified atom stereocenters. The fraction of sp³-hybridized carbons (Fsp3) is 0.385. The lowest BCUT2D eigenvalue weighted by molar-refractivity contribution is 0.690. The number of pyridine rings is 1. The molecule has 0 atom stereocenters. The van der Waals surface area contributed by atoms with E-state index in [1.165, 1.54) is 10.6 Å². The van der Waals surface area contributed by atoms with Gasteiger partial charge in [-0.2, -0.15) is 5.10 Å². The fourth-order valence-electron chi connectivity index (χ4n) is 1.69. The highest BCUT2D eigenvalue weighted by Crippen LogP contribution is 2.17. The molecule has 18 heavy (non-hydrogen) atoms. The van der Waals surface area contributed by atoms with Gasteiger partial charge in [-0.15, -0.1) is 11.8 Å². The molecule has 2 heterocycles. The summed E-state index contributed by atoms with van der Waals surface area (Å²) < 4.78 is 1.93. The normalized spacial score (nSPS) is 10.8. The van der Waals surface area contributed by atoms with Crippen molar-refractivity contribution >= 4 is 11.8 Å². The SMILES string of the molecule is Cc1cc(SCCNCc2cccnc2)n(C)n1. The minimum atomic E-state index is 0.874. The number of rotatable bonds is 6. The number of nitrogens with zero attached hydrogens (tertiary/aromatic N) is 3. The van der Waals surface area contributed by atoms with Crippen molar-refractivity contribution in [3.05, 3.63) is 41.9 Å². The zero-order valence-electron chi connectivity index (χ0n) is 10.8. The number of thioether (sulfide) groups is 1. The molecule has 0 aliphatic carbocycles. The van der Waals surface area contributed by atoms with E-state index in [9.17, 15) is 0 Å². The summed E-state index contributed by atoms with van der Waals surface area (Å²) in [6.07, 6.45) is 3.69. The molecular formula is C13H18N4S. The average Bonchev–Trinajstić information content (AvgIpc) is 2.69. The van der Waals surface area contributed by atoms with Crippen molar-refractivity contribution in [1.82, 2.24) is 20.1 Å². The summed E-state index contributed by atoms with van der Waals surface area (Å²) in [5.41, 5.74) is 2.29. The Bertz CT molecular complexity index is 481. The van der Waals surface area contributed by atoms with Crippen molar-refractivity contribution < 1.29 is 0 Å². The van der Waals surface area contributed by atoms with Gasteiger partial charge in [0.25, 0.3) is 0 Å². The maximum Gasteiger partial charge on any atom is 0.0939 e. The number of hydrogen-bond donors (Lipinski definition) is 1. The van der Waals surface area contributed by atoms with Crippen molar-refractivity contribution in [2.75, 3.05) is 12.3 Å². The van der Waals surface area contributed by atoms with Crippen LogP contribution in [0.5, 0.6) is 0 Å². The van der Waals surface area contributed by atoms with Gasteiger partial charge in [-0.05, 0) is 24.6 Å². The third-order valence-corrected chi connectivity index (χ3v) is 3.63. The van der Waals surface area contributed by atoms with Gasteiger partial charge in [0.05, 0.1) is 10.7 Å². The molecule has 5 heteroatoms. The molecule has 0 aromatic carbocycles. The van der Waals surface area contributed by atoms with Gasteiger partial charge in [-0.25, -0.2) is 0 Å². The first-order chi connectivity index (χ1) is 8.75. The second-order valence-electron chi connectivity index (χ2n) is 4.13. The number of hydrogen-bond acceptors (Lipinski definition) is 4. The van der Waals surface area contributed by atoms with Crippen LogP contribution in [0.1, 0.15) is 11.3 Å². The Kier molecular flexibility index (Phi) is 4.78. The lowest BCUT2D eigenvalue weighted by atomic mass is 10.3. The molecule has 0 radical (unpaired) electrons. The molecule has 0 amide bonds. The standard InChI is InChI=1S/C13H18N4S/c1-11-8-13(17(2)16-11)18-7-6-15-10-12-4-3-5-14-9-12/h3-5,8-9,15H,6-7,10H2,1-2H3. The van der Waals surface area contributed by atoms with Gasteiger partial charge in [0.1, 0.15) is 0 Å². The number of aryl methyl sites for hydroxylation is 2. The first-order valence-electron chi connectivity index (χ1n) is 5.99. The van der Waals surface area contributed by atoms with Crippen LogP contribution >= 0.6 is 11.8 Å². The van der Waals surface area contributed by atoms with Gasteiger partial charge in [-0.3, -0.25) is 9.67 Å². The molecule has 0 saturated carbocycles. The Morgan fingerprint density at radius 2 is 2.33 bits per heavy atom. The highest BCUT2D eigenvalue weighted by Gasteiger charge is 2.01. The highest BCUT2D eigenvalue weighted by atomic mass is 32.2. The van der Waals surface area contributed by atoms with E-state index in [2.05, 4.69) is 27.5 Å². The molecule has 1 N–H and O–H groups in total. The predicted molar refractivity (Wildman–Crippen MR) is 74.6 cm³/mol. The zero-order chi connectivity index (χ0) is 12.8. The van der Waals surface area contributed by atoms with Gasteiger partial charge in [0.15, 0.2) is 0 Å². The van der Waals surface area contributed by atoms with Gasteiger partial charge in [0.2, 0.25) is 0 Å². The molecule has 2 rings (SSSR count). The van der Waals surface area contributed by atoms with E-state index in [4.69, 9.17) is 0 Å². The van der Waals surface area contributed by atoms with E-state index >= 15 is 0 Å². The van der Waals surface area contributed by atoms with E-state index in [1.807, 2.05) is 42.7 Å². The molecule has 0 aliphatic rings. The summed E-state index contributed by atoms with van der Waals surface area (Å²) >= 11 is 1.83. The van der Waals surface area contributed by atoms with Crippen molar-refractivity contribution in [2.24, 2.45) is 7.05 Å². The molecule has 4 nitrogen and oxygen atoms in total. The van der Waals surface area contributed by atoms with E-state index in [0.29, 0.717) is 0 Å². The Morgan fingerprint density at radius 1 is 1.44 bits per heavy atom. The lowest BCUT2D eigenvalue weighted by Gasteiger charge is -2.04. The van der Waals surface area contributed by atoms with Crippen molar-refractivity contribution in [2.45, 2.75) is 18.5 Å². The lowest BCUT2D eigenvalue weighted by Crippen LogP contribution is -2.16. The molecule has 0 aliphatic heterocycles. The third-order valence-electron chi connectivity index (χ3n) is 2.54. The maximum absolute atomic E-state index is 4.32. The second kappa shape index (κ2) is 6.56. The summed E-state index contributed by atoms with van der Waals surface area (Å²) in [5, 5.41) is 8.95. The molecule has 0 saturated heterocycles. The maximum atomic E-state index is 4.32. The molecular weight excluding hydrogens is 244 g/mol. The minimum Gasteiger partial charge on any atom is -0.312 e. The van der Waals surface area contributed by atoms with Gasteiger partial charge in [0, 0.05) is 38.3 Å². The Hall–Kier alpha value is -1.33. The van der Waals surface area contributed by atoms with Crippen LogP contribution in [0, 0.1) is 6.92 Å². The Labute approximate surface area is 112 Å². The smallest absolute Gasteiger partial charge is 0.0939 e. The summed E-state index contributed by atoms with van der Waals surface area (Å²) in [6.45, 7) is 3.87. The van der Waals surface area contributed by atoms with Crippen LogP contribution in [0.25, 0.3) is 0 Å². The topological polar surface area (TPSA) is 42.7 Å². The second-order valence-corrected chi connectivity index (χ2v) is 5.25. The van der Waals surface area contributed by atoms with E-state index in [-0.39, 0.29) is 0 Å². The average molecular weight is 262 g/mol. The minimum absolute atomic E-state index is 0.874. The first kappa shape index (κ1) is 13.1. The van der Waals surface area contributed by atoms with Gasteiger partial charge in [-0.1, -0.05) is 6.07 Å². The van der Waals surface area contributed by atoms with Crippen LogP contribution in [0.4, 0.5) is 0 Å².